The molecule has 0 aromatic heterocycles. The average Bonchev–Trinajstić information content (AvgIpc) is 1.77. The number of alkyl halides is 1. The van der Waals surface area contributed by atoms with Crippen molar-refractivity contribution in [2.24, 2.45) is 10.8 Å². The quantitative estimate of drug-likeness (QED) is 0.330. The molecule has 0 saturated carbocycles. The van der Waals surface area contributed by atoms with Crippen LogP contribution in [0, 0.1) is 0 Å². The van der Waals surface area contributed by atoms with E-state index in [4.69, 9.17) is 5.84 Å². The zero-order valence-electron chi connectivity index (χ0n) is 4.16. The molecule has 0 bridgehead atoms. The van der Waals surface area contributed by atoms with Gasteiger partial charge in [-0.05, 0) is 22.0 Å². The Kier molecular flexibility index (Phi) is 1.65. The van der Waals surface area contributed by atoms with Gasteiger partial charge in [0.05, 0.1) is 0 Å². The maximum Gasteiger partial charge on any atom is 0.189 e. The first-order chi connectivity index (χ1) is 3.80. The number of halogens is 1. The molecule has 0 saturated heterocycles. The predicted octanol–water partition coefficient (Wildman–Crippen LogP) is 0.439. The van der Waals surface area contributed by atoms with Crippen LogP contribution >= 0.6 is 15.9 Å². The highest BCUT2D eigenvalue weighted by atomic mass is 79.9. The smallest absolute Gasteiger partial charge is 0.189 e. The van der Waals surface area contributed by atoms with E-state index in [1.807, 2.05) is 0 Å². The molecule has 2 N–H and O–H groups in total. The van der Waals surface area contributed by atoms with Crippen molar-refractivity contribution in [2.75, 3.05) is 0 Å². The fraction of sp³-hybridized carbons (Fsp3) is 0.250. The molecule has 0 fully saturated rings. The van der Waals surface area contributed by atoms with Crippen LogP contribution in [0.4, 0.5) is 0 Å². The Balaban J connectivity index is 2.59. The molecule has 0 radical (unpaired) electrons. The minimum Gasteiger partial charge on any atom is -0.284 e. The molecule has 44 valence electrons. The largest absolute Gasteiger partial charge is 0.284 e. The molecular formula is C4H6BrN3. The van der Waals surface area contributed by atoms with Gasteiger partial charge in [0.25, 0.3) is 0 Å². The fourth-order valence-corrected chi connectivity index (χ4v) is 0.680. The minimum absolute atomic E-state index is 0.0903. The lowest BCUT2D eigenvalue weighted by Gasteiger charge is -2.18. The molecule has 1 aliphatic rings. The summed E-state index contributed by atoms with van der Waals surface area (Å²) in [5.74, 6) is 5.36. The van der Waals surface area contributed by atoms with Crippen molar-refractivity contribution < 1.29 is 0 Å². The monoisotopic (exact) mass is 175 g/mol. The van der Waals surface area contributed by atoms with Gasteiger partial charge >= 0.3 is 0 Å². The molecule has 1 aliphatic heterocycles. The van der Waals surface area contributed by atoms with Crippen molar-refractivity contribution in [2.45, 2.75) is 5.08 Å². The number of hydrogen-bond acceptors (Lipinski definition) is 3. The zero-order valence-corrected chi connectivity index (χ0v) is 5.75. The van der Waals surface area contributed by atoms with Crippen molar-refractivity contribution >= 4 is 22.1 Å². The lowest BCUT2D eigenvalue weighted by Crippen LogP contribution is -2.32. The Morgan fingerprint density at radius 2 is 2.50 bits per heavy atom. The van der Waals surface area contributed by atoms with E-state index in [-0.39, 0.29) is 5.08 Å². The molecule has 0 aromatic carbocycles. The van der Waals surface area contributed by atoms with Crippen molar-refractivity contribution in [3.05, 3.63) is 12.3 Å². The van der Waals surface area contributed by atoms with E-state index < -0.39 is 0 Å². The van der Waals surface area contributed by atoms with Crippen molar-refractivity contribution in [1.82, 2.24) is 5.01 Å². The van der Waals surface area contributed by atoms with Gasteiger partial charge in [-0.15, -0.1) is 0 Å². The van der Waals surface area contributed by atoms with E-state index in [0.29, 0.717) is 0 Å². The maximum atomic E-state index is 5.36. The summed E-state index contributed by atoms with van der Waals surface area (Å²) in [6.07, 6.45) is 5.22. The summed E-state index contributed by atoms with van der Waals surface area (Å²) in [5.41, 5.74) is 0. The Bertz CT molecular complexity index is 115. The number of allylic oxidation sites excluding steroid dienone is 1. The summed E-state index contributed by atoms with van der Waals surface area (Å²) >= 11 is 3.21. The van der Waals surface area contributed by atoms with Crippen molar-refractivity contribution in [3.8, 4) is 0 Å². The normalized spacial score (nSPS) is 26.8. The van der Waals surface area contributed by atoms with Crippen LogP contribution in [-0.2, 0) is 0 Å². The van der Waals surface area contributed by atoms with E-state index in [1.165, 1.54) is 5.01 Å². The Morgan fingerprint density at radius 3 is 2.88 bits per heavy atom. The third kappa shape index (κ3) is 1.08. The molecule has 4 heteroatoms. The van der Waals surface area contributed by atoms with E-state index in [9.17, 15) is 0 Å². The van der Waals surface area contributed by atoms with Gasteiger partial charge in [-0.3, -0.25) is 10.0 Å². The molecule has 0 spiro atoms. The molecule has 0 aliphatic carbocycles. The van der Waals surface area contributed by atoms with Crippen LogP contribution in [0.5, 0.6) is 0 Å². The summed E-state index contributed by atoms with van der Waals surface area (Å²) < 4.78 is 0. The maximum absolute atomic E-state index is 5.36. The molecule has 1 unspecified atom stereocenters. The van der Waals surface area contributed by atoms with E-state index in [2.05, 4.69) is 20.9 Å². The highest BCUT2D eigenvalue weighted by Gasteiger charge is 2.04. The molecule has 8 heavy (non-hydrogen) atoms. The van der Waals surface area contributed by atoms with E-state index >= 15 is 0 Å². The SMILES string of the molecule is NN1C=CC=NC1Br. The standard InChI is InChI=1S/C4H6BrN3/c5-4-7-2-1-3-8(4)6/h1-4H,6H2. The van der Waals surface area contributed by atoms with Crippen LogP contribution in [0.1, 0.15) is 0 Å². The lowest BCUT2D eigenvalue weighted by molar-refractivity contribution is 0.381. The van der Waals surface area contributed by atoms with Gasteiger partial charge in [0, 0.05) is 12.4 Å². The van der Waals surface area contributed by atoms with Gasteiger partial charge in [0.1, 0.15) is 0 Å². The second kappa shape index (κ2) is 2.28. The zero-order chi connectivity index (χ0) is 5.98. The van der Waals surface area contributed by atoms with Crippen molar-refractivity contribution in [3.63, 3.8) is 0 Å². The van der Waals surface area contributed by atoms with Crippen LogP contribution < -0.4 is 5.84 Å². The van der Waals surface area contributed by atoms with Crippen LogP contribution in [0.3, 0.4) is 0 Å². The third-order valence-electron chi connectivity index (χ3n) is 0.799. The highest BCUT2D eigenvalue weighted by Crippen LogP contribution is 2.06. The van der Waals surface area contributed by atoms with Crippen LogP contribution in [-0.4, -0.2) is 16.3 Å². The average molecular weight is 176 g/mol. The molecule has 1 rings (SSSR count). The Morgan fingerprint density at radius 1 is 1.75 bits per heavy atom. The van der Waals surface area contributed by atoms with Gasteiger partial charge in [-0.25, -0.2) is 5.84 Å². The first-order valence-corrected chi connectivity index (χ1v) is 3.09. The van der Waals surface area contributed by atoms with Gasteiger partial charge < -0.3 is 0 Å². The summed E-state index contributed by atoms with van der Waals surface area (Å²) in [6, 6.07) is 0. The summed E-state index contributed by atoms with van der Waals surface area (Å²) in [7, 11) is 0. The van der Waals surface area contributed by atoms with Gasteiger partial charge in [-0.2, -0.15) is 0 Å². The summed E-state index contributed by atoms with van der Waals surface area (Å²) in [4.78, 5) is 3.92. The Labute approximate surface area is 56.0 Å². The number of aliphatic imine (C=N–C) groups is 1. The summed E-state index contributed by atoms with van der Waals surface area (Å²) in [6.45, 7) is 0. The molecule has 3 nitrogen and oxygen atoms in total. The van der Waals surface area contributed by atoms with Gasteiger partial charge in [0.2, 0.25) is 0 Å². The highest BCUT2D eigenvalue weighted by molar-refractivity contribution is 9.09. The van der Waals surface area contributed by atoms with Crippen LogP contribution in [0.15, 0.2) is 17.3 Å². The number of hydrogen-bond donors (Lipinski definition) is 1. The second-order valence-corrected chi connectivity index (χ2v) is 2.22. The molecule has 1 atom stereocenters. The molecule has 0 aromatic rings. The molecule has 0 amide bonds. The minimum atomic E-state index is -0.0903. The Hall–Kier alpha value is -0.350. The predicted molar refractivity (Wildman–Crippen MR) is 36.4 cm³/mol. The lowest BCUT2D eigenvalue weighted by atomic mass is 10.6. The number of hydrazine groups is 1. The molecular weight excluding hydrogens is 170 g/mol. The first kappa shape index (κ1) is 5.78. The van der Waals surface area contributed by atoms with Gasteiger partial charge in [0.15, 0.2) is 5.08 Å². The first-order valence-electron chi connectivity index (χ1n) is 2.18. The van der Waals surface area contributed by atoms with Gasteiger partial charge in [-0.1, -0.05) is 0 Å². The van der Waals surface area contributed by atoms with E-state index in [1.54, 1.807) is 18.5 Å². The van der Waals surface area contributed by atoms with E-state index in [0.717, 1.165) is 0 Å². The number of rotatable bonds is 0. The topological polar surface area (TPSA) is 41.6 Å². The number of nitrogens with zero attached hydrogens (tertiary/aromatic N) is 2. The van der Waals surface area contributed by atoms with Crippen LogP contribution in [0.25, 0.3) is 0 Å². The molecule has 1 heterocycles. The fourth-order valence-electron chi connectivity index (χ4n) is 0.407. The van der Waals surface area contributed by atoms with Crippen LogP contribution in [0.2, 0.25) is 0 Å². The second-order valence-electron chi connectivity index (χ2n) is 1.40. The van der Waals surface area contributed by atoms with Crippen molar-refractivity contribution in [1.29, 1.82) is 0 Å². The third-order valence-corrected chi connectivity index (χ3v) is 1.51. The number of nitrogens with two attached hydrogens (primary N) is 1. The summed E-state index contributed by atoms with van der Waals surface area (Å²) in [5, 5.41) is 1.38.